The molecule has 0 aromatic carbocycles. The van der Waals surface area contributed by atoms with Crippen molar-refractivity contribution in [3.8, 4) is 0 Å². The number of aromatic nitrogens is 2. The largest absolute Gasteiger partial charge is 0.480 e. The Kier molecular flexibility index (Phi) is 5.54. The zero-order valence-corrected chi connectivity index (χ0v) is 12.1. The van der Waals surface area contributed by atoms with Crippen LogP contribution < -0.4 is 10.6 Å². The maximum absolute atomic E-state index is 11.9. The smallest absolute Gasteiger partial charge is 0.326 e. The monoisotopic (exact) mass is 282 g/mol. The fourth-order valence-electron chi connectivity index (χ4n) is 2.01. The fourth-order valence-corrected chi connectivity index (χ4v) is 2.01. The van der Waals surface area contributed by atoms with E-state index in [0.717, 1.165) is 12.8 Å². The van der Waals surface area contributed by atoms with Crippen LogP contribution in [0.15, 0.2) is 12.5 Å². The summed E-state index contributed by atoms with van der Waals surface area (Å²) < 4.78 is 0. The van der Waals surface area contributed by atoms with Gasteiger partial charge >= 0.3 is 12.0 Å². The molecular formula is C13H22N4O3. The maximum Gasteiger partial charge on any atom is 0.326 e. The number of H-pyrrole nitrogens is 1. The average Bonchev–Trinajstić information content (AvgIpc) is 2.79. The van der Waals surface area contributed by atoms with Crippen LogP contribution in [0.5, 0.6) is 0 Å². The molecule has 0 aliphatic heterocycles. The summed E-state index contributed by atoms with van der Waals surface area (Å²) >= 11 is 0. The van der Waals surface area contributed by atoms with Crippen LogP contribution in [0.25, 0.3) is 0 Å². The van der Waals surface area contributed by atoms with E-state index in [4.69, 9.17) is 5.11 Å². The van der Waals surface area contributed by atoms with Crippen molar-refractivity contribution in [2.45, 2.75) is 51.6 Å². The molecule has 112 valence electrons. The number of rotatable bonds is 7. The SMILES string of the molecule is CCCC(C)(C)NC(=O)N[C@H](Cc1cnc[nH]1)C(=O)O. The summed E-state index contributed by atoms with van der Waals surface area (Å²) in [5, 5.41) is 14.4. The van der Waals surface area contributed by atoms with Crippen molar-refractivity contribution in [1.29, 1.82) is 0 Å². The van der Waals surface area contributed by atoms with E-state index in [-0.39, 0.29) is 12.0 Å². The number of nitrogens with one attached hydrogen (secondary N) is 3. The number of nitrogens with zero attached hydrogens (tertiary/aromatic N) is 1. The Hall–Kier alpha value is -2.05. The number of urea groups is 1. The minimum absolute atomic E-state index is 0.164. The molecule has 1 aromatic rings. The van der Waals surface area contributed by atoms with Gasteiger partial charge in [-0.2, -0.15) is 0 Å². The van der Waals surface area contributed by atoms with Crippen LogP contribution in [0.3, 0.4) is 0 Å². The van der Waals surface area contributed by atoms with Crippen LogP contribution in [0.1, 0.15) is 39.3 Å². The minimum atomic E-state index is -1.08. The summed E-state index contributed by atoms with van der Waals surface area (Å²) in [5.41, 5.74) is 0.293. The van der Waals surface area contributed by atoms with Gasteiger partial charge in [0.05, 0.1) is 6.33 Å². The molecule has 0 bridgehead atoms. The van der Waals surface area contributed by atoms with E-state index in [9.17, 15) is 9.59 Å². The first-order chi connectivity index (χ1) is 9.34. The molecule has 0 saturated carbocycles. The van der Waals surface area contributed by atoms with E-state index >= 15 is 0 Å². The van der Waals surface area contributed by atoms with Gasteiger partial charge in [-0.1, -0.05) is 13.3 Å². The second kappa shape index (κ2) is 6.93. The van der Waals surface area contributed by atoms with E-state index in [1.165, 1.54) is 12.5 Å². The van der Waals surface area contributed by atoms with Gasteiger partial charge in [-0.15, -0.1) is 0 Å². The maximum atomic E-state index is 11.9. The van der Waals surface area contributed by atoms with Gasteiger partial charge in [0.15, 0.2) is 0 Å². The summed E-state index contributed by atoms with van der Waals surface area (Å²) in [7, 11) is 0. The number of hydrogen-bond acceptors (Lipinski definition) is 3. The lowest BCUT2D eigenvalue weighted by Crippen LogP contribution is -2.53. The Morgan fingerprint density at radius 2 is 2.20 bits per heavy atom. The Morgan fingerprint density at radius 3 is 2.70 bits per heavy atom. The van der Waals surface area contributed by atoms with Crippen LogP contribution >= 0.6 is 0 Å². The van der Waals surface area contributed by atoms with E-state index in [0.29, 0.717) is 5.69 Å². The van der Waals surface area contributed by atoms with Crippen molar-refractivity contribution in [3.05, 3.63) is 18.2 Å². The topological polar surface area (TPSA) is 107 Å². The molecule has 0 spiro atoms. The molecule has 0 aliphatic rings. The van der Waals surface area contributed by atoms with Crippen LogP contribution in [-0.2, 0) is 11.2 Å². The Bertz CT molecular complexity index is 442. The fraction of sp³-hybridized carbons (Fsp3) is 0.615. The van der Waals surface area contributed by atoms with Gasteiger partial charge in [-0.3, -0.25) is 0 Å². The average molecular weight is 282 g/mol. The number of aromatic amines is 1. The van der Waals surface area contributed by atoms with Gasteiger partial charge in [0.25, 0.3) is 0 Å². The van der Waals surface area contributed by atoms with Crippen molar-refractivity contribution < 1.29 is 14.7 Å². The van der Waals surface area contributed by atoms with Crippen LogP contribution in [-0.4, -0.2) is 38.7 Å². The quantitative estimate of drug-likeness (QED) is 0.604. The van der Waals surface area contributed by atoms with E-state index in [1.54, 1.807) is 0 Å². The molecular weight excluding hydrogens is 260 g/mol. The number of carbonyl (C=O) groups is 2. The molecule has 1 heterocycles. The van der Waals surface area contributed by atoms with Crippen molar-refractivity contribution in [2.24, 2.45) is 0 Å². The number of carboxylic acids is 1. The second-order valence-electron chi connectivity index (χ2n) is 5.40. The number of hydrogen-bond donors (Lipinski definition) is 4. The third-order valence-electron chi connectivity index (χ3n) is 2.91. The molecule has 0 aliphatic carbocycles. The number of amides is 2. The van der Waals surface area contributed by atoms with Gasteiger partial charge in [0.1, 0.15) is 6.04 Å². The summed E-state index contributed by atoms with van der Waals surface area (Å²) in [6.07, 6.45) is 4.93. The molecule has 4 N–H and O–H groups in total. The number of carboxylic acid groups (broad SMARTS) is 1. The van der Waals surface area contributed by atoms with Crippen LogP contribution in [0, 0.1) is 0 Å². The minimum Gasteiger partial charge on any atom is -0.480 e. The van der Waals surface area contributed by atoms with Crippen LogP contribution in [0.2, 0.25) is 0 Å². The summed E-state index contributed by atoms with van der Waals surface area (Å²) in [4.78, 5) is 29.7. The lowest BCUT2D eigenvalue weighted by Gasteiger charge is -2.26. The van der Waals surface area contributed by atoms with Gasteiger partial charge in [-0.05, 0) is 20.3 Å². The highest BCUT2D eigenvalue weighted by Crippen LogP contribution is 2.10. The second-order valence-corrected chi connectivity index (χ2v) is 5.40. The predicted octanol–water partition coefficient (Wildman–Crippen LogP) is 1.28. The molecule has 1 atom stereocenters. The summed E-state index contributed by atoms with van der Waals surface area (Å²) in [6.45, 7) is 5.83. The first kappa shape index (κ1) is 16.0. The highest BCUT2D eigenvalue weighted by molar-refractivity contribution is 5.83. The van der Waals surface area contributed by atoms with Crippen molar-refractivity contribution in [1.82, 2.24) is 20.6 Å². The molecule has 20 heavy (non-hydrogen) atoms. The third kappa shape index (κ3) is 5.29. The Morgan fingerprint density at radius 1 is 1.50 bits per heavy atom. The molecule has 0 radical (unpaired) electrons. The highest BCUT2D eigenvalue weighted by Gasteiger charge is 2.24. The predicted molar refractivity (Wildman–Crippen MR) is 74.4 cm³/mol. The van der Waals surface area contributed by atoms with Crippen molar-refractivity contribution in [2.75, 3.05) is 0 Å². The van der Waals surface area contributed by atoms with E-state index in [1.807, 2.05) is 20.8 Å². The first-order valence-corrected chi connectivity index (χ1v) is 6.63. The molecule has 0 fully saturated rings. The molecule has 0 saturated heterocycles. The van der Waals surface area contributed by atoms with Crippen LogP contribution in [0.4, 0.5) is 4.79 Å². The Labute approximate surface area is 118 Å². The lowest BCUT2D eigenvalue weighted by molar-refractivity contribution is -0.139. The molecule has 1 rings (SSSR count). The van der Waals surface area contributed by atoms with Crippen molar-refractivity contribution in [3.63, 3.8) is 0 Å². The van der Waals surface area contributed by atoms with E-state index < -0.39 is 18.0 Å². The van der Waals surface area contributed by atoms with Gasteiger partial charge in [0.2, 0.25) is 0 Å². The number of aliphatic carboxylic acids is 1. The standard InChI is InChI=1S/C13H22N4O3/c1-4-5-13(2,3)17-12(20)16-10(11(18)19)6-9-7-14-8-15-9/h7-8,10H,4-6H2,1-3H3,(H,14,15)(H,18,19)(H2,16,17,20)/t10-/m1/s1. The molecule has 1 aromatic heterocycles. The van der Waals surface area contributed by atoms with Crippen molar-refractivity contribution >= 4 is 12.0 Å². The van der Waals surface area contributed by atoms with Gasteiger partial charge < -0.3 is 20.7 Å². The molecule has 7 nitrogen and oxygen atoms in total. The lowest BCUT2D eigenvalue weighted by atomic mass is 9.99. The van der Waals surface area contributed by atoms with Gasteiger partial charge in [0, 0.05) is 23.9 Å². The van der Waals surface area contributed by atoms with E-state index in [2.05, 4.69) is 20.6 Å². The molecule has 0 unspecified atom stereocenters. The highest BCUT2D eigenvalue weighted by atomic mass is 16.4. The first-order valence-electron chi connectivity index (χ1n) is 6.63. The Balaban J connectivity index is 2.57. The zero-order chi connectivity index (χ0) is 15.2. The number of imidazole rings is 1. The zero-order valence-electron chi connectivity index (χ0n) is 12.1. The number of carbonyl (C=O) groups excluding carboxylic acids is 1. The molecule has 7 heteroatoms. The normalized spacial score (nSPS) is 12.8. The van der Waals surface area contributed by atoms with Gasteiger partial charge in [-0.25, -0.2) is 14.6 Å². The third-order valence-corrected chi connectivity index (χ3v) is 2.91. The molecule has 2 amide bonds. The summed E-state index contributed by atoms with van der Waals surface area (Å²) in [5.74, 6) is -1.08. The summed E-state index contributed by atoms with van der Waals surface area (Å²) in [6, 6.07) is -1.47.